The van der Waals surface area contributed by atoms with E-state index in [1.807, 2.05) is 6.92 Å². The maximum absolute atomic E-state index is 13.0. The Hall–Kier alpha value is -0.800. The lowest BCUT2D eigenvalue weighted by molar-refractivity contribution is 0.0230. The number of halogens is 1. The molecule has 0 spiro atoms. The summed E-state index contributed by atoms with van der Waals surface area (Å²) in [6.45, 7) is 7.41. The average molecular weight is 203 g/mol. The predicted octanol–water partition coefficient (Wildman–Crippen LogP) is 2.35. The van der Waals surface area contributed by atoms with Crippen molar-refractivity contribution in [2.75, 3.05) is 6.54 Å². The van der Waals surface area contributed by atoms with Crippen molar-refractivity contribution in [1.29, 1.82) is 0 Å². The van der Waals surface area contributed by atoms with Gasteiger partial charge in [-0.1, -0.05) is 0 Å². The van der Waals surface area contributed by atoms with E-state index in [2.05, 4.69) is 0 Å². The Labute approximate surface area is 84.2 Å². The largest absolute Gasteiger partial charge is 0.444 e. The molecule has 0 radical (unpaired) electrons. The highest BCUT2D eigenvalue weighted by atomic mass is 19.1. The Morgan fingerprint density at radius 2 is 2.07 bits per heavy atom. The molecule has 82 valence electrons. The normalized spacial score (nSPS) is 27.9. The number of carbonyl (C=O) groups excluding carboxylic acids is 1. The molecule has 1 aliphatic heterocycles. The molecular weight excluding hydrogens is 185 g/mol. The third kappa shape index (κ3) is 2.86. The Bertz CT molecular complexity index is 225. The summed E-state index contributed by atoms with van der Waals surface area (Å²) in [6.07, 6.45) is -0.901. The third-order valence-electron chi connectivity index (χ3n) is 2.15. The van der Waals surface area contributed by atoms with Crippen LogP contribution in [0.15, 0.2) is 0 Å². The van der Waals surface area contributed by atoms with Gasteiger partial charge in [-0.25, -0.2) is 9.18 Å². The molecule has 0 aliphatic carbocycles. The molecule has 0 saturated carbocycles. The Morgan fingerprint density at radius 3 is 2.43 bits per heavy atom. The molecule has 1 aliphatic rings. The summed E-state index contributed by atoms with van der Waals surface area (Å²) in [5.74, 6) is 0. The van der Waals surface area contributed by atoms with Crippen molar-refractivity contribution in [3.05, 3.63) is 0 Å². The van der Waals surface area contributed by atoms with Crippen molar-refractivity contribution in [1.82, 2.24) is 4.90 Å². The highest BCUT2D eigenvalue weighted by molar-refractivity contribution is 5.69. The van der Waals surface area contributed by atoms with Crippen LogP contribution < -0.4 is 0 Å². The van der Waals surface area contributed by atoms with Crippen LogP contribution in [0.3, 0.4) is 0 Å². The van der Waals surface area contributed by atoms with Gasteiger partial charge in [-0.05, 0) is 27.7 Å². The van der Waals surface area contributed by atoms with Gasteiger partial charge < -0.3 is 9.64 Å². The molecule has 1 heterocycles. The van der Waals surface area contributed by atoms with Crippen molar-refractivity contribution < 1.29 is 13.9 Å². The van der Waals surface area contributed by atoms with E-state index in [0.29, 0.717) is 6.42 Å². The minimum absolute atomic E-state index is 0.0557. The highest BCUT2D eigenvalue weighted by Crippen LogP contribution is 2.22. The number of ether oxygens (including phenoxy) is 1. The van der Waals surface area contributed by atoms with Crippen LogP contribution in [0.4, 0.5) is 9.18 Å². The van der Waals surface area contributed by atoms with Crippen molar-refractivity contribution >= 4 is 6.09 Å². The fourth-order valence-electron chi connectivity index (χ4n) is 1.54. The van der Waals surface area contributed by atoms with Gasteiger partial charge in [0.15, 0.2) is 0 Å². The minimum Gasteiger partial charge on any atom is -0.444 e. The molecule has 0 bridgehead atoms. The van der Waals surface area contributed by atoms with Crippen LogP contribution in [0.5, 0.6) is 0 Å². The first kappa shape index (κ1) is 11.3. The number of likely N-dealkylation sites (tertiary alicyclic amines) is 1. The Kier molecular flexibility index (Phi) is 3.02. The van der Waals surface area contributed by atoms with Crippen LogP contribution in [0.2, 0.25) is 0 Å². The second-order valence-electron chi connectivity index (χ2n) is 4.81. The topological polar surface area (TPSA) is 29.5 Å². The summed E-state index contributed by atoms with van der Waals surface area (Å²) in [5, 5.41) is 0. The maximum Gasteiger partial charge on any atom is 0.410 e. The zero-order valence-corrected chi connectivity index (χ0v) is 9.21. The van der Waals surface area contributed by atoms with Crippen molar-refractivity contribution in [2.24, 2.45) is 0 Å². The first-order valence-electron chi connectivity index (χ1n) is 4.93. The summed E-state index contributed by atoms with van der Waals surface area (Å²) in [5.41, 5.74) is -0.509. The summed E-state index contributed by atoms with van der Waals surface area (Å²) in [4.78, 5) is 13.0. The lowest BCUT2D eigenvalue weighted by Gasteiger charge is -2.26. The van der Waals surface area contributed by atoms with Gasteiger partial charge in [0.2, 0.25) is 0 Å². The summed E-state index contributed by atoms with van der Waals surface area (Å²) >= 11 is 0. The van der Waals surface area contributed by atoms with Gasteiger partial charge in [-0.15, -0.1) is 0 Å². The molecule has 14 heavy (non-hydrogen) atoms. The molecule has 1 amide bonds. The van der Waals surface area contributed by atoms with Crippen LogP contribution >= 0.6 is 0 Å². The van der Waals surface area contributed by atoms with E-state index in [1.54, 1.807) is 20.8 Å². The summed E-state index contributed by atoms with van der Waals surface area (Å²) < 4.78 is 18.1. The number of rotatable bonds is 0. The Balaban J connectivity index is 2.53. The van der Waals surface area contributed by atoms with Gasteiger partial charge in [0.25, 0.3) is 0 Å². The molecular formula is C10H18FNO2. The van der Waals surface area contributed by atoms with E-state index in [1.165, 1.54) is 4.90 Å². The molecule has 2 atom stereocenters. The Morgan fingerprint density at radius 1 is 1.50 bits per heavy atom. The standard InChI is InChI=1S/C10H18FNO2/c1-7-5-8(11)6-12(7)9(13)14-10(2,3)4/h7-8H,5-6H2,1-4H3/t7-,8?/m0/s1. The smallest absolute Gasteiger partial charge is 0.410 e. The quantitative estimate of drug-likeness (QED) is 0.604. The number of amides is 1. The number of carbonyl (C=O) groups is 1. The minimum atomic E-state index is -0.905. The van der Waals surface area contributed by atoms with Crippen LogP contribution in [0.1, 0.15) is 34.1 Å². The lowest BCUT2D eigenvalue weighted by Crippen LogP contribution is -2.38. The van der Waals surface area contributed by atoms with Gasteiger partial charge in [-0.3, -0.25) is 0 Å². The lowest BCUT2D eigenvalue weighted by atomic mass is 10.2. The van der Waals surface area contributed by atoms with Crippen LogP contribution in [0, 0.1) is 0 Å². The highest BCUT2D eigenvalue weighted by Gasteiger charge is 2.34. The predicted molar refractivity (Wildman–Crippen MR) is 51.9 cm³/mol. The van der Waals surface area contributed by atoms with Gasteiger partial charge in [0.05, 0.1) is 6.54 Å². The molecule has 4 heteroatoms. The van der Waals surface area contributed by atoms with E-state index < -0.39 is 17.9 Å². The fourth-order valence-corrected chi connectivity index (χ4v) is 1.54. The molecule has 0 aromatic rings. The van der Waals surface area contributed by atoms with Gasteiger partial charge in [0.1, 0.15) is 11.8 Å². The first-order chi connectivity index (χ1) is 6.29. The molecule has 1 saturated heterocycles. The summed E-state index contributed by atoms with van der Waals surface area (Å²) in [7, 11) is 0. The van der Waals surface area contributed by atoms with Crippen LogP contribution in [0.25, 0.3) is 0 Å². The zero-order valence-electron chi connectivity index (χ0n) is 9.21. The van der Waals surface area contributed by atoms with Crippen LogP contribution in [-0.4, -0.2) is 35.4 Å². The van der Waals surface area contributed by atoms with Gasteiger partial charge in [-0.2, -0.15) is 0 Å². The summed E-state index contributed by atoms with van der Waals surface area (Å²) in [6, 6.07) is -0.0557. The van der Waals surface area contributed by atoms with E-state index in [-0.39, 0.29) is 12.6 Å². The van der Waals surface area contributed by atoms with Crippen molar-refractivity contribution in [2.45, 2.75) is 51.9 Å². The van der Waals surface area contributed by atoms with Gasteiger partial charge >= 0.3 is 6.09 Å². The average Bonchev–Trinajstić information content (AvgIpc) is 2.26. The molecule has 3 nitrogen and oxygen atoms in total. The first-order valence-corrected chi connectivity index (χ1v) is 4.93. The van der Waals surface area contributed by atoms with E-state index in [9.17, 15) is 9.18 Å². The number of hydrogen-bond donors (Lipinski definition) is 0. The van der Waals surface area contributed by atoms with Gasteiger partial charge in [0, 0.05) is 12.5 Å². The molecule has 0 N–H and O–H groups in total. The fraction of sp³-hybridized carbons (Fsp3) is 0.900. The maximum atomic E-state index is 13.0. The third-order valence-corrected chi connectivity index (χ3v) is 2.15. The van der Waals surface area contributed by atoms with Crippen molar-refractivity contribution in [3.8, 4) is 0 Å². The van der Waals surface area contributed by atoms with E-state index in [4.69, 9.17) is 4.74 Å². The SMILES string of the molecule is C[C@H]1CC(F)CN1C(=O)OC(C)(C)C. The zero-order chi connectivity index (χ0) is 10.9. The molecule has 0 aromatic carbocycles. The molecule has 1 unspecified atom stereocenters. The molecule has 1 fully saturated rings. The number of hydrogen-bond acceptors (Lipinski definition) is 2. The van der Waals surface area contributed by atoms with Crippen LogP contribution in [-0.2, 0) is 4.74 Å². The van der Waals surface area contributed by atoms with E-state index in [0.717, 1.165) is 0 Å². The molecule has 0 aromatic heterocycles. The van der Waals surface area contributed by atoms with Crippen molar-refractivity contribution in [3.63, 3.8) is 0 Å². The monoisotopic (exact) mass is 203 g/mol. The molecule has 1 rings (SSSR count). The second-order valence-corrected chi connectivity index (χ2v) is 4.81. The van der Waals surface area contributed by atoms with E-state index >= 15 is 0 Å². The number of alkyl halides is 1. The number of nitrogens with zero attached hydrogens (tertiary/aromatic N) is 1. The second kappa shape index (κ2) is 3.75.